The molecule has 1 N–H and O–H groups in total. The number of aromatic nitrogens is 1. The van der Waals surface area contributed by atoms with Crippen molar-refractivity contribution in [2.24, 2.45) is 5.92 Å². The zero-order chi connectivity index (χ0) is 16.9. The molecule has 2 heterocycles. The second-order valence-electron chi connectivity index (χ2n) is 6.75. The molecule has 7 nitrogen and oxygen atoms in total. The zero-order valence-electron chi connectivity index (χ0n) is 13.8. The van der Waals surface area contributed by atoms with Crippen molar-refractivity contribution in [1.82, 2.24) is 10.3 Å². The molecule has 1 saturated heterocycles. The Morgan fingerprint density at radius 3 is 2.79 bits per heavy atom. The summed E-state index contributed by atoms with van der Waals surface area (Å²) in [6, 6.07) is 1.97. The van der Waals surface area contributed by atoms with Crippen LogP contribution in [0.2, 0.25) is 0 Å². The van der Waals surface area contributed by atoms with Gasteiger partial charge in [-0.2, -0.15) is 0 Å². The smallest absolute Gasteiger partial charge is 0.310 e. The molecular weight excluding hydrogens is 308 g/mol. The maximum absolute atomic E-state index is 12.6. The van der Waals surface area contributed by atoms with Gasteiger partial charge in [-0.3, -0.25) is 19.9 Å². The van der Waals surface area contributed by atoms with Crippen molar-refractivity contribution in [3.8, 4) is 0 Å². The molecule has 24 heavy (non-hydrogen) atoms. The van der Waals surface area contributed by atoms with Gasteiger partial charge in [0.2, 0.25) is 5.91 Å². The van der Waals surface area contributed by atoms with Crippen molar-refractivity contribution < 1.29 is 9.72 Å². The minimum Gasteiger partial charge on any atom is -0.365 e. The maximum Gasteiger partial charge on any atom is 0.310 e. The molecule has 0 spiro atoms. The van der Waals surface area contributed by atoms with E-state index in [1.807, 2.05) is 4.90 Å². The van der Waals surface area contributed by atoms with Crippen molar-refractivity contribution >= 4 is 17.3 Å². The van der Waals surface area contributed by atoms with Gasteiger partial charge in [-0.25, -0.2) is 0 Å². The summed E-state index contributed by atoms with van der Waals surface area (Å²) in [5.74, 6) is -0.00300. The molecule has 3 rings (SSSR count). The molecule has 0 bridgehead atoms. The van der Waals surface area contributed by atoms with Gasteiger partial charge >= 0.3 is 5.69 Å². The Labute approximate surface area is 141 Å². The highest BCUT2D eigenvalue weighted by molar-refractivity contribution is 5.80. The predicted molar refractivity (Wildman–Crippen MR) is 90.8 cm³/mol. The number of nitro groups is 1. The van der Waals surface area contributed by atoms with Gasteiger partial charge in [0.1, 0.15) is 11.9 Å². The second-order valence-corrected chi connectivity index (χ2v) is 6.75. The topological polar surface area (TPSA) is 88.4 Å². The minimum absolute atomic E-state index is 0.00541. The summed E-state index contributed by atoms with van der Waals surface area (Å²) >= 11 is 0. The summed E-state index contributed by atoms with van der Waals surface area (Å²) in [5.41, 5.74) is 0.566. The van der Waals surface area contributed by atoms with Gasteiger partial charge < -0.3 is 10.2 Å². The monoisotopic (exact) mass is 332 g/mol. The van der Waals surface area contributed by atoms with E-state index in [1.54, 1.807) is 12.3 Å². The molecule has 2 aliphatic rings. The fourth-order valence-corrected chi connectivity index (χ4v) is 3.76. The van der Waals surface area contributed by atoms with E-state index >= 15 is 0 Å². The highest BCUT2D eigenvalue weighted by Gasteiger charge is 2.30. The average Bonchev–Trinajstić information content (AvgIpc) is 2.62. The van der Waals surface area contributed by atoms with Crippen LogP contribution in [-0.4, -0.2) is 34.9 Å². The molecule has 1 atom stereocenters. The van der Waals surface area contributed by atoms with Gasteiger partial charge in [-0.1, -0.05) is 19.3 Å². The highest BCUT2D eigenvalue weighted by Crippen LogP contribution is 2.30. The fourth-order valence-electron chi connectivity index (χ4n) is 3.76. The van der Waals surface area contributed by atoms with Crippen molar-refractivity contribution in [3.05, 3.63) is 28.6 Å². The van der Waals surface area contributed by atoms with E-state index in [4.69, 9.17) is 0 Å². The maximum atomic E-state index is 12.6. The Bertz CT molecular complexity index is 601. The van der Waals surface area contributed by atoms with Gasteiger partial charge in [-0.05, 0) is 31.7 Å². The van der Waals surface area contributed by atoms with Crippen LogP contribution in [0.1, 0.15) is 44.9 Å². The zero-order valence-corrected chi connectivity index (χ0v) is 13.8. The molecule has 1 saturated carbocycles. The van der Waals surface area contributed by atoms with Gasteiger partial charge in [0.05, 0.1) is 10.8 Å². The minimum atomic E-state index is -0.409. The quantitative estimate of drug-likeness (QED) is 0.676. The van der Waals surface area contributed by atoms with Crippen LogP contribution >= 0.6 is 0 Å². The largest absolute Gasteiger partial charge is 0.365 e. The number of nitrogens with one attached hydrogen (secondary N) is 1. The molecule has 0 aromatic carbocycles. The lowest BCUT2D eigenvalue weighted by atomic mass is 9.93. The number of anilines is 1. The number of amides is 1. The lowest BCUT2D eigenvalue weighted by Gasteiger charge is -2.34. The first-order valence-electron chi connectivity index (χ1n) is 8.79. The van der Waals surface area contributed by atoms with Gasteiger partial charge in [0.15, 0.2) is 0 Å². The van der Waals surface area contributed by atoms with Crippen LogP contribution in [0, 0.1) is 16.0 Å². The van der Waals surface area contributed by atoms with E-state index in [0.717, 1.165) is 32.2 Å². The number of nitrogens with zero attached hydrogens (tertiary/aromatic N) is 3. The first kappa shape index (κ1) is 16.7. The number of hydrogen-bond donors (Lipinski definition) is 1. The Morgan fingerprint density at radius 2 is 2.04 bits per heavy atom. The lowest BCUT2D eigenvalue weighted by Crippen LogP contribution is -2.46. The SMILES string of the molecule is O=C(NC1CCCCC1)[C@@H]1CCCN(c2ccncc2[N+](=O)[O-])C1. The number of pyridine rings is 1. The summed E-state index contributed by atoms with van der Waals surface area (Å²) in [5, 5.41) is 14.4. The summed E-state index contributed by atoms with van der Waals surface area (Å²) in [7, 11) is 0. The lowest BCUT2D eigenvalue weighted by molar-refractivity contribution is -0.384. The number of rotatable bonds is 4. The van der Waals surface area contributed by atoms with E-state index in [2.05, 4.69) is 10.3 Å². The number of carbonyl (C=O) groups is 1. The molecule has 0 radical (unpaired) electrons. The van der Waals surface area contributed by atoms with E-state index in [0.29, 0.717) is 18.3 Å². The molecular formula is C17H24N4O3. The number of piperidine rings is 1. The van der Waals surface area contributed by atoms with Crippen LogP contribution in [0.4, 0.5) is 11.4 Å². The third-order valence-corrected chi connectivity index (χ3v) is 5.06. The van der Waals surface area contributed by atoms with Crippen molar-refractivity contribution in [2.75, 3.05) is 18.0 Å². The number of carbonyl (C=O) groups excluding carboxylic acids is 1. The average molecular weight is 332 g/mol. The van der Waals surface area contributed by atoms with Crippen molar-refractivity contribution in [3.63, 3.8) is 0 Å². The van der Waals surface area contributed by atoms with Crippen LogP contribution < -0.4 is 10.2 Å². The van der Waals surface area contributed by atoms with Gasteiger partial charge in [0.25, 0.3) is 0 Å². The molecule has 1 aliphatic heterocycles. The molecule has 0 unspecified atom stereocenters. The third kappa shape index (κ3) is 3.83. The standard InChI is InChI=1S/C17H24N4O3/c22-17(19-14-6-2-1-3-7-14)13-5-4-10-20(12-13)15-8-9-18-11-16(15)21(23)24/h8-9,11,13-14H,1-7,10,12H2,(H,19,22)/t13-/m1/s1. The molecule has 130 valence electrons. The van der Waals surface area contributed by atoms with Crippen molar-refractivity contribution in [1.29, 1.82) is 0 Å². The molecule has 1 aromatic rings. The molecule has 2 fully saturated rings. The Kier molecular flexibility index (Phi) is 5.27. The van der Waals surface area contributed by atoms with Crippen LogP contribution in [-0.2, 0) is 4.79 Å². The first-order valence-corrected chi connectivity index (χ1v) is 8.79. The van der Waals surface area contributed by atoms with Crippen LogP contribution in [0.15, 0.2) is 18.5 Å². The molecule has 1 amide bonds. The van der Waals surface area contributed by atoms with Crippen LogP contribution in [0.3, 0.4) is 0 Å². The number of hydrogen-bond acceptors (Lipinski definition) is 5. The Morgan fingerprint density at radius 1 is 1.25 bits per heavy atom. The van der Waals surface area contributed by atoms with Crippen LogP contribution in [0.5, 0.6) is 0 Å². The van der Waals surface area contributed by atoms with Gasteiger partial charge in [-0.15, -0.1) is 0 Å². The summed E-state index contributed by atoms with van der Waals surface area (Å²) < 4.78 is 0. The van der Waals surface area contributed by atoms with Crippen molar-refractivity contribution in [2.45, 2.75) is 51.0 Å². The summed E-state index contributed by atoms with van der Waals surface area (Å²) in [4.78, 5) is 29.2. The molecule has 1 aliphatic carbocycles. The second kappa shape index (κ2) is 7.59. The Balaban J connectivity index is 1.66. The van der Waals surface area contributed by atoms with E-state index < -0.39 is 4.92 Å². The predicted octanol–water partition coefficient (Wildman–Crippen LogP) is 2.66. The van der Waals surface area contributed by atoms with E-state index in [-0.39, 0.29) is 17.5 Å². The third-order valence-electron chi connectivity index (χ3n) is 5.06. The fraction of sp³-hybridized carbons (Fsp3) is 0.647. The van der Waals surface area contributed by atoms with Gasteiger partial charge in [0, 0.05) is 25.3 Å². The van der Waals surface area contributed by atoms with E-state index in [9.17, 15) is 14.9 Å². The first-order chi connectivity index (χ1) is 11.6. The summed E-state index contributed by atoms with van der Waals surface area (Å²) in [6.45, 7) is 1.27. The van der Waals surface area contributed by atoms with E-state index in [1.165, 1.54) is 25.5 Å². The van der Waals surface area contributed by atoms with Crippen LogP contribution in [0.25, 0.3) is 0 Å². The highest BCUT2D eigenvalue weighted by atomic mass is 16.6. The molecule has 7 heteroatoms. The molecule has 1 aromatic heterocycles. The summed E-state index contributed by atoms with van der Waals surface area (Å²) in [6.07, 6.45) is 10.3. The Hall–Kier alpha value is -2.18. The normalized spacial score (nSPS) is 22.2.